The van der Waals surface area contributed by atoms with E-state index in [1.165, 1.54) is 0 Å². The van der Waals surface area contributed by atoms with Gasteiger partial charge in [-0.25, -0.2) is 4.98 Å². The monoisotopic (exact) mass is 412 g/mol. The number of fused-ring (bicyclic) bond motifs is 1. The van der Waals surface area contributed by atoms with Crippen LogP contribution in [0, 0.1) is 12.8 Å². The first kappa shape index (κ1) is 19.7. The van der Waals surface area contributed by atoms with E-state index in [9.17, 15) is 4.79 Å². The van der Waals surface area contributed by atoms with Crippen molar-refractivity contribution in [3.8, 4) is 0 Å². The Bertz CT molecular complexity index is 1030. The van der Waals surface area contributed by atoms with Gasteiger partial charge < -0.3 is 19.9 Å². The lowest BCUT2D eigenvalue weighted by molar-refractivity contribution is 0.0498. The second-order valence-corrected chi connectivity index (χ2v) is 8.06. The molecule has 152 valence electrons. The van der Waals surface area contributed by atoms with Crippen LogP contribution in [0.3, 0.4) is 0 Å². The maximum atomic E-state index is 13.2. The largest absolute Gasteiger partial charge is 0.381 e. The highest BCUT2D eigenvalue weighted by molar-refractivity contribution is 6.30. The van der Waals surface area contributed by atoms with Crippen molar-refractivity contribution in [1.82, 2.24) is 14.9 Å². The van der Waals surface area contributed by atoms with Gasteiger partial charge in [-0.1, -0.05) is 17.7 Å². The lowest BCUT2D eigenvalue weighted by Crippen LogP contribution is -2.34. The summed E-state index contributed by atoms with van der Waals surface area (Å²) in [5.74, 6) is 1.14. The minimum Gasteiger partial charge on any atom is -0.381 e. The minimum absolute atomic E-state index is 0.00834. The molecular weight excluding hydrogens is 388 g/mol. The number of carbonyl (C=O) groups excluding carboxylic acids is 1. The molecule has 0 atom stereocenters. The van der Waals surface area contributed by atoms with Gasteiger partial charge in [0.15, 0.2) is 5.82 Å². The number of rotatable bonds is 5. The number of amides is 1. The van der Waals surface area contributed by atoms with Crippen LogP contribution in [-0.4, -0.2) is 47.6 Å². The van der Waals surface area contributed by atoms with Crippen molar-refractivity contribution < 1.29 is 9.53 Å². The summed E-state index contributed by atoms with van der Waals surface area (Å²) in [6, 6.07) is 7.47. The topological polar surface area (TPSA) is 70.2 Å². The van der Waals surface area contributed by atoms with Crippen LogP contribution in [0.2, 0.25) is 5.02 Å². The van der Waals surface area contributed by atoms with Crippen LogP contribution >= 0.6 is 11.6 Å². The van der Waals surface area contributed by atoms with Crippen molar-refractivity contribution in [3.05, 3.63) is 52.8 Å². The molecule has 3 heterocycles. The number of benzene rings is 1. The Morgan fingerprint density at radius 3 is 2.93 bits per heavy atom. The van der Waals surface area contributed by atoms with E-state index in [1.54, 1.807) is 6.20 Å². The van der Waals surface area contributed by atoms with Crippen LogP contribution in [0.25, 0.3) is 10.9 Å². The predicted molar refractivity (Wildman–Crippen MR) is 116 cm³/mol. The van der Waals surface area contributed by atoms with E-state index in [1.807, 2.05) is 49.3 Å². The molecular formula is C22H25ClN4O2. The van der Waals surface area contributed by atoms with Crippen molar-refractivity contribution in [1.29, 1.82) is 0 Å². The van der Waals surface area contributed by atoms with Gasteiger partial charge in [0.1, 0.15) is 0 Å². The summed E-state index contributed by atoms with van der Waals surface area (Å²) in [5.41, 5.74) is 3.28. The molecule has 4 rings (SSSR count). The molecule has 6 nitrogen and oxygen atoms in total. The fourth-order valence-electron chi connectivity index (χ4n) is 3.88. The first-order chi connectivity index (χ1) is 14.0. The van der Waals surface area contributed by atoms with Crippen LogP contribution in [0.1, 0.15) is 28.8 Å². The number of ether oxygens (including phenoxy) is 1. The van der Waals surface area contributed by atoms with Crippen molar-refractivity contribution >= 4 is 39.9 Å². The normalized spacial score (nSPS) is 14.9. The molecule has 3 aromatic rings. The number of hydrogen-bond donors (Lipinski definition) is 2. The zero-order valence-electron chi connectivity index (χ0n) is 16.7. The summed E-state index contributed by atoms with van der Waals surface area (Å²) in [6.45, 7) is 4.28. The highest BCUT2D eigenvalue weighted by Crippen LogP contribution is 2.30. The third-order valence-electron chi connectivity index (χ3n) is 5.44. The predicted octanol–water partition coefficient (Wildman–Crippen LogP) is 4.77. The van der Waals surface area contributed by atoms with E-state index < -0.39 is 0 Å². The summed E-state index contributed by atoms with van der Waals surface area (Å²) in [4.78, 5) is 22.8. The van der Waals surface area contributed by atoms with Gasteiger partial charge in [0, 0.05) is 55.3 Å². The number of aromatic nitrogens is 2. The number of H-pyrrole nitrogens is 1. The molecule has 1 aliphatic rings. The minimum atomic E-state index is -0.00834. The summed E-state index contributed by atoms with van der Waals surface area (Å²) in [7, 11) is 1.86. The molecule has 29 heavy (non-hydrogen) atoms. The summed E-state index contributed by atoms with van der Waals surface area (Å²) in [6.07, 6.45) is 5.57. The number of halogens is 1. The number of carbonyl (C=O) groups is 1. The molecule has 7 heteroatoms. The Kier molecular flexibility index (Phi) is 5.74. The maximum Gasteiger partial charge on any atom is 0.255 e. The molecule has 0 aliphatic carbocycles. The zero-order chi connectivity index (χ0) is 20.4. The van der Waals surface area contributed by atoms with Gasteiger partial charge in [-0.15, -0.1) is 0 Å². The SMILES string of the molecule is Cc1c[nH]c2c(Nc3cccc(Cl)c3)ncc(C(=O)N(C)CC3CCOCC3)c12. The van der Waals surface area contributed by atoms with Crippen LogP contribution in [0.15, 0.2) is 36.7 Å². The molecule has 0 bridgehead atoms. The molecule has 2 N–H and O–H groups in total. The highest BCUT2D eigenvalue weighted by atomic mass is 35.5. The summed E-state index contributed by atoms with van der Waals surface area (Å²) >= 11 is 6.09. The van der Waals surface area contributed by atoms with Crippen LogP contribution < -0.4 is 5.32 Å². The van der Waals surface area contributed by atoms with Gasteiger partial charge in [0.05, 0.1) is 11.1 Å². The fourth-order valence-corrected chi connectivity index (χ4v) is 4.07. The Morgan fingerprint density at radius 1 is 1.38 bits per heavy atom. The quantitative estimate of drug-likeness (QED) is 0.633. The maximum absolute atomic E-state index is 13.2. The molecule has 2 aromatic heterocycles. The van der Waals surface area contributed by atoms with E-state index in [4.69, 9.17) is 16.3 Å². The van der Waals surface area contributed by atoms with E-state index >= 15 is 0 Å². The van der Waals surface area contributed by atoms with Crippen molar-refractivity contribution in [2.75, 3.05) is 32.1 Å². The fraction of sp³-hybridized carbons (Fsp3) is 0.364. The van der Waals surface area contributed by atoms with Crippen LogP contribution in [-0.2, 0) is 4.74 Å². The molecule has 1 amide bonds. The lowest BCUT2D eigenvalue weighted by atomic mass is 9.99. The standard InChI is InChI=1S/C22H25ClN4O2/c1-14-11-24-20-19(14)18(22(28)27(2)13-15-6-8-29-9-7-15)12-25-21(20)26-17-5-3-4-16(23)10-17/h3-5,10-12,15,24H,6-9,13H2,1-2H3,(H,25,26). The van der Waals surface area contributed by atoms with Gasteiger partial charge in [-0.05, 0) is 49.4 Å². The first-order valence-corrected chi connectivity index (χ1v) is 10.2. The van der Waals surface area contributed by atoms with Crippen molar-refractivity contribution in [3.63, 3.8) is 0 Å². The van der Waals surface area contributed by atoms with E-state index in [2.05, 4.69) is 15.3 Å². The Balaban J connectivity index is 1.62. The smallest absolute Gasteiger partial charge is 0.255 e. The molecule has 1 fully saturated rings. The molecule has 0 radical (unpaired) electrons. The van der Waals surface area contributed by atoms with Crippen LogP contribution in [0.4, 0.5) is 11.5 Å². The van der Waals surface area contributed by atoms with Gasteiger partial charge in [-0.3, -0.25) is 4.79 Å². The first-order valence-electron chi connectivity index (χ1n) is 9.85. The summed E-state index contributed by atoms with van der Waals surface area (Å²) < 4.78 is 5.43. The van der Waals surface area contributed by atoms with Gasteiger partial charge in [-0.2, -0.15) is 0 Å². The molecule has 0 saturated carbocycles. The number of hydrogen-bond acceptors (Lipinski definition) is 4. The molecule has 1 saturated heterocycles. The second kappa shape index (κ2) is 8.43. The van der Waals surface area contributed by atoms with Crippen LogP contribution in [0.5, 0.6) is 0 Å². The van der Waals surface area contributed by atoms with Gasteiger partial charge >= 0.3 is 0 Å². The molecule has 0 unspecified atom stereocenters. The Hall–Kier alpha value is -2.57. The number of nitrogens with zero attached hydrogens (tertiary/aromatic N) is 2. The highest BCUT2D eigenvalue weighted by Gasteiger charge is 2.23. The average Bonchev–Trinajstić information content (AvgIpc) is 3.11. The van der Waals surface area contributed by atoms with E-state index in [0.29, 0.717) is 22.3 Å². The van der Waals surface area contributed by atoms with E-state index in [-0.39, 0.29) is 5.91 Å². The molecule has 0 spiro atoms. The van der Waals surface area contributed by atoms with E-state index in [0.717, 1.165) is 54.8 Å². The van der Waals surface area contributed by atoms with Crippen molar-refractivity contribution in [2.45, 2.75) is 19.8 Å². The number of aryl methyl sites for hydroxylation is 1. The summed E-state index contributed by atoms with van der Waals surface area (Å²) in [5, 5.41) is 4.84. The zero-order valence-corrected chi connectivity index (χ0v) is 17.4. The Morgan fingerprint density at radius 2 is 2.17 bits per heavy atom. The third kappa shape index (κ3) is 4.23. The number of nitrogens with one attached hydrogen (secondary N) is 2. The van der Waals surface area contributed by atoms with Gasteiger partial charge in [0.25, 0.3) is 5.91 Å². The van der Waals surface area contributed by atoms with Crippen molar-refractivity contribution in [2.24, 2.45) is 5.92 Å². The number of pyridine rings is 1. The number of aromatic amines is 1. The van der Waals surface area contributed by atoms with Gasteiger partial charge in [0.2, 0.25) is 0 Å². The molecule has 1 aromatic carbocycles. The number of anilines is 2. The third-order valence-corrected chi connectivity index (χ3v) is 5.68. The second-order valence-electron chi connectivity index (χ2n) is 7.62. The lowest BCUT2D eigenvalue weighted by Gasteiger charge is -2.27. The Labute approximate surface area is 175 Å². The molecule has 1 aliphatic heterocycles. The average molecular weight is 413 g/mol.